The van der Waals surface area contributed by atoms with Gasteiger partial charge in [0.05, 0.1) is 16.9 Å². The van der Waals surface area contributed by atoms with Gasteiger partial charge in [-0.05, 0) is 61.8 Å². The summed E-state index contributed by atoms with van der Waals surface area (Å²) in [5.74, 6) is 0.168. The van der Waals surface area contributed by atoms with Gasteiger partial charge in [0.25, 0.3) is 0 Å². The van der Waals surface area contributed by atoms with Crippen molar-refractivity contribution in [1.29, 1.82) is 0 Å². The van der Waals surface area contributed by atoms with Crippen LogP contribution in [-0.2, 0) is 25.8 Å². The van der Waals surface area contributed by atoms with Gasteiger partial charge in [-0.15, -0.1) is 0 Å². The van der Waals surface area contributed by atoms with Crippen molar-refractivity contribution in [2.75, 3.05) is 24.7 Å². The SMILES string of the molecule is Cc1ccc(-c2ccccc2CC2(C(=O)NC3CCS(=O)(=O)C3)CCOCC2)c(C)c1. The first-order chi connectivity index (χ1) is 14.8. The van der Waals surface area contributed by atoms with Gasteiger partial charge in [0.2, 0.25) is 5.91 Å². The summed E-state index contributed by atoms with van der Waals surface area (Å²) < 4.78 is 29.3. The predicted octanol–water partition coefficient (Wildman–Crippen LogP) is 3.61. The summed E-state index contributed by atoms with van der Waals surface area (Å²) in [6.07, 6.45) is 2.39. The summed E-state index contributed by atoms with van der Waals surface area (Å²) in [7, 11) is -3.04. The van der Waals surface area contributed by atoms with E-state index in [9.17, 15) is 13.2 Å². The minimum atomic E-state index is -3.04. The predicted molar refractivity (Wildman–Crippen MR) is 123 cm³/mol. The molecule has 0 aromatic heterocycles. The Morgan fingerprint density at radius 2 is 1.84 bits per heavy atom. The second-order valence-electron chi connectivity index (χ2n) is 9.12. The maximum absolute atomic E-state index is 13.5. The number of ether oxygens (including phenoxy) is 1. The van der Waals surface area contributed by atoms with E-state index >= 15 is 0 Å². The Morgan fingerprint density at radius 3 is 2.52 bits per heavy atom. The zero-order valence-corrected chi connectivity index (χ0v) is 19.1. The molecule has 0 spiro atoms. The van der Waals surface area contributed by atoms with E-state index in [1.807, 2.05) is 12.1 Å². The molecule has 1 atom stereocenters. The lowest BCUT2D eigenvalue weighted by Gasteiger charge is -2.37. The highest BCUT2D eigenvalue weighted by atomic mass is 32.2. The molecule has 0 saturated carbocycles. The van der Waals surface area contributed by atoms with Crippen molar-refractivity contribution in [1.82, 2.24) is 5.32 Å². The van der Waals surface area contributed by atoms with E-state index in [1.165, 1.54) is 16.7 Å². The second-order valence-corrected chi connectivity index (χ2v) is 11.3. The summed E-state index contributed by atoms with van der Waals surface area (Å²) in [6.45, 7) is 5.30. The summed E-state index contributed by atoms with van der Waals surface area (Å²) in [5, 5.41) is 3.07. The van der Waals surface area contributed by atoms with E-state index in [0.29, 0.717) is 38.9 Å². The summed E-state index contributed by atoms with van der Waals surface area (Å²) >= 11 is 0. The highest BCUT2D eigenvalue weighted by molar-refractivity contribution is 7.91. The molecule has 0 aliphatic carbocycles. The van der Waals surface area contributed by atoms with Crippen LogP contribution in [0.1, 0.15) is 36.0 Å². The van der Waals surface area contributed by atoms with E-state index in [1.54, 1.807) is 0 Å². The zero-order chi connectivity index (χ0) is 22.1. The van der Waals surface area contributed by atoms with Gasteiger partial charge in [0.1, 0.15) is 0 Å². The number of benzene rings is 2. The molecule has 1 unspecified atom stereocenters. The molecule has 0 bridgehead atoms. The standard InChI is InChI=1S/C25H31NO4S/c1-18-7-8-22(19(2)15-18)23-6-4-3-5-20(23)16-25(10-12-30-13-11-25)24(27)26-21-9-14-31(28,29)17-21/h3-8,15,21H,9-14,16-17H2,1-2H3,(H,26,27). The van der Waals surface area contributed by atoms with Gasteiger partial charge in [0.15, 0.2) is 9.84 Å². The minimum absolute atomic E-state index is 0.0340. The van der Waals surface area contributed by atoms with Crippen LogP contribution in [0.4, 0.5) is 0 Å². The molecule has 2 aliphatic heterocycles. The van der Waals surface area contributed by atoms with Crippen molar-refractivity contribution in [3.05, 3.63) is 59.2 Å². The lowest BCUT2D eigenvalue weighted by Crippen LogP contribution is -2.49. The smallest absolute Gasteiger partial charge is 0.226 e. The molecule has 2 heterocycles. The van der Waals surface area contributed by atoms with Gasteiger partial charge in [-0.3, -0.25) is 4.79 Å². The van der Waals surface area contributed by atoms with Gasteiger partial charge < -0.3 is 10.1 Å². The molecule has 2 fully saturated rings. The maximum atomic E-state index is 13.5. The van der Waals surface area contributed by atoms with Gasteiger partial charge in [-0.1, -0.05) is 48.0 Å². The minimum Gasteiger partial charge on any atom is -0.381 e. The second kappa shape index (κ2) is 8.75. The molecule has 2 aromatic carbocycles. The fourth-order valence-corrected chi connectivity index (χ4v) is 6.58. The number of aryl methyl sites for hydroxylation is 2. The number of rotatable bonds is 5. The summed E-state index contributed by atoms with van der Waals surface area (Å²) in [4.78, 5) is 13.5. The Balaban J connectivity index is 1.64. The van der Waals surface area contributed by atoms with Gasteiger partial charge in [-0.25, -0.2) is 8.42 Å². The number of carbonyl (C=O) groups excluding carboxylic acids is 1. The first-order valence-electron chi connectivity index (χ1n) is 11.0. The average Bonchev–Trinajstić information content (AvgIpc) is 3.07. The molecule has 1 amide bonds. The van der Waals surface area contributed by atoms with Crippen LogP contribution in [0.2, 0.25) is 0 Å². The Labute approximate surface area is 185 Å². The number of sulfone groups is 1. The molecule has 31 heavy (non-hydrogen) atoms. The molecule has 0 radical (unpaired) electrons. The monoisotopic (exact) mass is 441 g/mol. The van der Waals surface area contributed by atoms with Gasteiger partial charge in [0, 0.05) is 19.3 Å². The van der Waals surface area contributed by atoms with Crippen molar-refractivity contribution >= 4 is 15.7 Å². The van der Waals surface area contributed by atoms with Gasteiger partial charge >= 0.3 is 0 Å². The van der Waals surface area contributed by atoms with E-state index in [-0.39, 0.29) is 23.5 Å². The van der Waals surface area contributed by atoms with Crippen molar-refractivity contribution in [2.24, 2.45) is 5.41 Å². The highest BCUT2D eigenvalue weighted by Crippen LogP contribution is 2.38. The van der Waals surface area contributed by atoms with Crippen LogP contribution in [0.5, 0.6) is 0 Å². The number of amides is 1. The molecule has 4 rings (SSSR count). The zero-order valence-electron chi connectivity index (χ0n) is 18.3. The molecule has 5 nitrogen and oxygen atoms in total. The number of nitrogens with one attached hydrogen (secondary N) is 1. The third kappa shape index (κ3) is 4.85. The maximum Gasteiger partial charge on any atom is 0.226 e. The molecule has 6 heteroatoms. The fraction of sp³-hybridized carbons (Fsp3) is 0.480. The van der Waals surface area contributed by atoms with Crippen molar-refractivity contribution < 1.29 is 17.9 Å². The normalized spacial score (nSPS) is 22.2. The quantitative estimate of drug-likeness (QED) is 0.769. The molecule has 2 saturated heterocycles. The first-order valence-corrected chi connectivity index (χ1v) is 12.8. The molecule has 2 aromatic rings. The summed E-state index contributed by atoms with van der Waals surface area (Å²) in [5.41, 5.74) is 5.34. The average molecular weight is 442 g/mol. The van der Waals surface area contributed by atoms with Crippen LogP contribution < -0.4 is 5.32 Å². The van der Waals surface area contributed by atoms with Crippen molar-refractivity contribution in [3.63, 3.8) is 0 Å². The molecular formula is C25H31NO4S. The van der Waals surface area contributed by atoms with Crippen molar-refractivity contribution in [2.45, 2.75) is 45.6 Å². The van der Waals surface area contributed by atoms with Crippen LogP contribution >= 0.6 is 0 Å². The number of hydrogen-bond donors (Lipinski definition) is 1. The lowest BCUT2D eigenvalue weighted by molar-refractivity contribution is -0.137. The van der Waals surface area contributed by atoms with Crippen LogP contribution in [0, 0.1) is 19.3 Å². The molecule has 2 aliphatic rings. The van der Waals surface area contributed by atoms with Crippen LogP contribution in [0.3, 0.4) is 0 Å². The van der Waals surface area contributed by atoms with E-state index < -0.39 is 15.3 Å². The highest BCUT2D eigenvalue weighted by Gasteiger charge is 2.42. The third-order valence-electron chi connectivity index (χ3n) is 6.72. The van der Waals surface area contributed by atoms with Crippen LogP contribution in [0.25, 0.3) is 11.1 Å². The first kappa shape index (κ1) is 22.0. The lowest BCUT2D eigenvalue weighted by atomic mass is 9.73. The van der Waals surface area contributed by atoms with E-state index in [4.69, 9.17) is 4.74 Å². The van der Waals surface area contributed by atoms with E-state index in [2.05, 4.69) is 49.5 Å². The van der Waals surface area contributed by atoms with E-state index in [0.717, 1.165) is 11.1 Å². The number of carbonyl (C=O) groups is 1. The Bertz CT molecular complexity index is 1070. The Kier molecular flexibility index (Phi) is 6.22. The largest absolute Gasteiger partial charge is 0.381 e. The molecular weight excluding hydrogens is 410 g/mol. The third-order valence-corrected chi connectivity index (χ3v) is 8.49. The Hall–Kier alpha value is -2.18. The Morgan fingerprint density at radius 1 is 1.10 bits per heavy atom. The summed E-state index contributed by atoms with van der Waals surface area (Å²) in [6, 6.07) is 14.5. The fourth-order valence-electron chi connectivity index (χ4n) is 4.91. The van der Waals surface area contributed by atoms with Crippen molar-refractivity contribution in [3.8, 4) is 11.1 Å². The number of hydrogen-bond acceptors (Lipinski definition) is 4. The molecule has 166 valence electrons. The topological polar surface area (TPSA) is 72.5 Å². The van der Waals surface area contributed by atoms with Gasteiger partial charge in [-0.2, -0.15) is 0 Å². The molecule has 1 N–H and O–H groups in total. The van der Waals surface area contributed by atoms with Crippen LogP contribution in [0.15, 0.2) is 42.5 Å². The van der Waals surface area contributed by atoms with Crippen LogP contribution in [-0.4, -0.2) is 45.1 Å².